The summed E-state index contributed by atoms with van der Waals surface area (Å²) < 4.78 is 0. The fourth-order valence-corrected chi connectivity index (χ4v) is 4.74. The molecule has 0 N–H and O–H groups in total. The SMILES string of the molecule is Cc1nc(C)c(Cc2ccc(Cl)cc2)c(N2CCN(C(=O)c3ccc4ccccc4c3)CC2)n1. The lowest BCUT2D eigenvalue weighted by Gasteiger charge is -2.36. The van der Waals surface area contributed by atoms with Crippen LogP contribution in [0.25, 0.3) is 10.8 Å². The number of aryl methyl sites for hydroxylation is 2. The Hall–Kier alpha value is -3.44. The molecule has 0 radical (unpaired) electrons. The first-order valence-electron chi connectivity index (χ1n) is 11.6. The normalized spacial score (nSPS) is 14.0. The molecule has 1 fully saturated rings. The van der Waals surface area contributed by atoms with Crippen LogP contribution in [-0.4, -0.2) is 47.0 Å². The van der Waals surface area contributed by atoms with E-state index in [4.69, 9.17) is 16.6 Å². The van der Waals surface area contributed by atoms with Crippen LogP contribution in [0.1, 0.15) is 33.0 Å². The summed E-state index contributed by atoms with van der Waals surface area (Å²) >= 11 is 6.07. The van der Waals surface area contributed by atoms with Crippen molar-refractivity contribution in [2.24, 2.45) is 0 Å². The van der Waals surface area contributed by atoms with Crippen LogP contribution < -0.4 is 4.90 Å². The minimum absolute atomic E-state index is 0.0850. The molecule has 1 aliphatic heterocycles. The molecule has 3 aromatic carbocycles. The van der Waals surface area contributed by atoms with Crippen molar-refractivity contribution in [1.29, 1.82) is 0 Å². The molecule has 0 unspecified atom stereocenters. The monoisotopic (exact) mass is 470 g/mol. The number of hydrogen-bond acceptors (Lipinski definition) is 4. The van der Waals surface area contributed by atoms with Gasteiger partial charge in [0.05, 0.1) is 0 Å². The van der Waals surface area contributed by atoms with Gasteiger partial charge in [-0.05, 0) is 54.4 Å². The van der Waals surface area contributed by atoms with Crippen molar-refractivity contribution in [2.75, 3.05) is 31.1 Å². The van der Waals surface area contributed by atoms with E-state index in [1.54, 1.807) is 0 Å². The maximum absolute atomic E-state index is 13.2. The number of nitrogens with zero attached hydrogens (tertiary/aromatic N) is 4. The third-order valence-corrected chi connectivity index (χ3v) is 6.71. The topological polar surface area (TPSA) is 49.3 Å². The summed E-state index contributed by atoms with van der Waals surface area (Å²) in [4.78, 5) is 26.9. The Bertz CT molecular complexity index is 1340. The lowest BCUT2D eigenvalue weighted by atomic mass is 10.0. The second kappa shape index (κ2) is 9.43. The minimum atomic E-state index is 0.0850. The number of anilines is 1. The van der Waals surface area contributed by atoms with Gasteiger partial charge in [0.1, 0.15) is 11.6 Å². The zero-order valence-corrected chi connectivity index (χ0v) is 20.2. The molecule has 0 aliphatic carbocycles. The van der Waals surface area contributed by atoms with Gasteiger partial charge in [0.2, 0.25) is 0 Å². The lowest BCUT2D eigenvalue weighted by Crippen LogP contribution is -2.49. The molecule has 0 spiro atoms. The number of halogens is 1. The molecule has 2 heterocycles. The van der Waals surface area contributed by atoms with E-state index in [2.05, 4.69) is 16.0 Å². The fourth-order valence-electron chi connectivity index (χ4n) is 4.62. The second-order valence-electron chi connectivity index (χ2n) is 8.80. The van der Waals surface area contributed by atoms with Gasteiger partial charge in [-0.25, -0.2) is 9.97 Å². The van der Waals surface area contributed by atoms with Gasteiger partial charge >= 0.3 is 0 Å². The molecule has 1 saturated heterocycles. The van der Waals surface area contributed by atoms with Gasteiger partial charge in [-0.15, -0.1) is 0 Å². The summed E-state index contributed by atoms with van der Waals surface area (Å²) in [6.07, 6.45) is 0.745. The molecule has 34 heavy (non-hydrogen) atoms. The summed E-state index contributed by atoms with van der Waals surface area (Å²) in [5, 5.41) is 2.96. The number of fused-ring (bicyclic) bond motifs is 1. The van der Waals surface area contributed by atoms with E-state index < -0.39 is 0 Å². The molecule has 1 aliphatic rings. The molecule has 6 heteroatoms. The summed E-state index contributed by atoms with van der Waals surface area (Å²) in [6, 6.07) is 22.0. The highest BCUT2D eigenvalue weighted by atomic mass is 35.5. The average molecular weight is 471 g/mol. The summed E-state index contributed by atoms with van der Waals surface area (Å²) in [7, 11) is 0. The highest BCUT2D eigenvalue weighted by molar-refractivity contribution is 6.30. The van der Waals surface area contributed by atoms with Gasteiger partial charge in [-0.3, -0.25) is 4.79 Å². The molecular weight excluding hydrogens is 444 g/mol. The largest absolute Gasteiger partial charge is 0.353 e. The number of hydrogen-bond donors (Lipinski definition) is 0. The standard InChI is InChI=1S/C28H27ClN4O/c1-19-26(17-21-7-11-25(29)12-8-21)27(31-20(2)30-19)32-13-15-33(16-14-32)28(34)24-10-9-22-5-3-4-6-23(22)18-24/h3-12,18H,13-17H2,1-2H3. The van der Waals surface area contributed by atoms with Gasteiger partial charge < -0.3 is 9.80 Å². The molecule has 172 valence electrons. The average Bonchev–Trinajstić information content (AvgIpc) is 2.86. The molecule has 1 amide bonds. The van der Waals surface area contributed by atoms with Crippen molar-refractivity contribution < 1.29 is 4.79 Å². The van der Waals surface area contributed by atoms with E-state index >= 15 is 0 Å². The second-order valence-corrected chi connectivity index (χ2v) is 9.24. The van der Waals surface area contributed by atoms with Gasteiger partial charge in [-0.2, -0.15) is 0 Å². The number of benzene rings is 3. The summed E-state index contributed by atoms with van der Waals surface area (Å²) in [5.41, 5.74) is 4.03. The number of aromatic nitrogens is 2. The third-order valence-electron chi connectivity index (χ3n) is 6.46. The fraction of sp³-hybridized carbons (Fsp3) is 0.250. The van der Waals surface area contributed by atoms with E-state index in [0.717, 1.165) is 63.8 Å². The number of piperazine rings is 1. The zero-order valence-electron chi connectivity index (χ0n) is 19.5. The number of amides is 1. The third kappa shape index (κ3) is 4.62. The highest BCUT2D eigenvalue weighted by Gasteiger charge is 2.25. The van der Waals surface area contributed by atoms with Gasteiger partial charge in [0.15, 0.2) is 0 Å². The van der Waals surface area contributed by atoms with Crippen LogP contribution in [0.3, 0.4) is 0 Å². The maximum atomic E-state index is 13.2. The molecule has 0 atom stereocenters. The first-order chi connectivity index (χ1) is 16.5. The quantitative estimate of drug-likeness (QED) is 0.397. The molecule has 0 bridgehead atoms. The summed E-state index contributed by atoms with van der Waals surface area (Å²) in [6.45, 7) is 6.78. The van der Waals surface area contributed by atoms with Crippen molar-refractivity contribution in [3.05, 3.63) is 100.0 Å². The van der Waals surface area contributed by atoms with Gasteiger partial charge in [0.25, 0.3) is 5.91 Å². The van der Waals surface area contributed by atoms with Crippen molar-refractivity contribution in [2.45, 2.75) is 20.3 Å². The first-order valence-corrected chi connectivity index (χ1v) is 12.0. The Morgan fingerprint density at radius 3 is 2.32 bits per heavy atom. The van der Waals surface area contributed by atoms with Crippen molar-refractivity contribution >= 4 is 34.1 Å². The van der Waals surface area contributed by atoms with Crippen LogP contribution in [0.2, 0.25) is 5.02 Å². The molecule has 4 aromatic rings. The summed E-state index contributed by atoms with van der Waals surface area (Å²) in [5.74, 6) is 1.82. The van der Waals surface area contributed by atoms with Crippen molar-refractivity contribution in [3.8, 4) is 0 Å². The first kappa shape index (κ1) is 22.4. The smallest absolute Gasteiger partial charge is 0.253 e. The molecule has 5 rings (SSSR count). The van der Waals surface area contributed by atoms with E-state index in [9.17, 15) is 4.79 Å². The van der Waals surface area contributed by atoms with Crippen LogP contribution in [0.15, 0.2) is 66.7 Å². The zero-order chi connectivity index (χ0) is 23.7. The molecule has 1 aromatic heterocycles. The van der Waals surface area contributed by atoms with Crippen LogP contribution >= 0.6 is 11.6 Å². The van der Waals surface area contributed by atoms with E-state index in [1.165, 1.54) is 5.56 Å². The van der Waals surface area contributed by atoms with Crippen LogP contribution in [0, 0.1) is 13.8 Å². The Morgan fingerprint density at radius 2 is 1.59 bits per heavy atom. The van der Waals surface area contributed by atoms with Crippen LogP contribution in [0.4, 0.5) is 5.82 Å². The van der Waals surface area contributed by atoms with E-state index in [-0.39, 0.29) is 5.91 Å². The number of carbonyl (C=O) groups is 1. The minimum Gasteiger partial charge on any atom is -0.353 e. The molecular formula is C28H27ClN4O. The predicted octanol–water partition coefficient (Wildman–Crippen LogP) is 5.45. The molecule has 0 saturated carbocycles. The van der Waals surface area contributed by atoms with Crippen LogP contribution in [-0.2, 0) is 6.42 Å². The van der Waals surface area contributed by atoms with Gasteiger partial charge in [-0.1, -0.05) is 54.1 Å². The molecule has 5 nitrogen and oxygen atoms in total. The van der Waals surface area contributed by atoms with Crippen LogP contribution in [0.5, 0.6) is 0 Å². The Balaban J connectivity index is 1.33. The van der Waals surface area contributed by atoms with Crippen molar-refractivity contribution in [1.82, 2.24) is 14.9 Å². The number of rotatable bonds is 4. The Labute approximate surface area is 205 Å². The lowest BCUT2D eigenvalue weighted by molar-refractivity contribution is 0.0746. The highest BCUT2D eigenvalue weighted by Crippen LogP contribution is 2.26. The van der Waals surface area contributed by atoms with E-state index in [0.29, 0.717) is 13.1 Å². The number of carbonyl (C=O) groups excluding carboxylic acids is 1. The predicted molar refractivity (Wildman–Crippen MR) is 138 cm³/mol. The Kier molecular flexibility index (Phi) is 6.20. The maximum Gasteiger partial charge on any atom is 0.253 e. The van der Waals surface area contributed by atoms with E-state index in [1.807, 2.05) is 79.4 Å². The van der Waals surface area contributed by atoms with Crippen molar-refractivity contribution in [3.63, 3.8) is 0 Å². The van der Waals surface area contributed by atoms with Gasteiger partial charge in [0, 0.05) is 54.4 Å². The Morgan fingerprint density at radius 1 is 0.882 bits per heavy atom.